The van der Waals surface area contributed by atoms with Crippen molar-refractivity contribution in [3.05, 3.63) is 59.7 Å². The van der Waals surface area contributed by atoms with Gasteiger partial charge in [0.05, 0.1) is 6.42 Å². The third kappa shape index (κ3) is 9.07. The first-order chi connectivity index (χ1) is 14.6. The maximum Gasteiger partial charge on any atom is 0.170 e. The highest BCUT2D eigenvalue weighted by Gasteiger charge is 2.08. The van der Waals surface area contributed by atoms with Crippen LogP contribution in [0.2, 0.25) is 0 Å². The van der Waals surface area contributed by atoms with E-state index in [0.29, 0.717) is 5.56 Å². The lowest BCUT2D eigenvalue weighted by Gasteiger charge is -2.06. The minimum atomic E-state index is -0.110. The van der Waals surface area contributed by atoms with Crippen molar-refractivity contribution in [2.45, 2.75) is 90.9 Å². The van der Waals surface area contributed by atoms with Crippen molar-refractivity contribution in [1.29, 1.82) is 0 Å². The van der Waals surface area contributed by atoms with Crippen molar-refractivity contribution in [1.82, 2.24) is 0 Å². The van der Waals surface area contributed by atoms with E-state index in [1.54, 1.807) is 0 Å². The zero-order valence-corrected chi connectivity index (χ0v) is 18.9. The van der Waals surface area contributed by atoms with Crippen LogP contribution in [0.25, 0.3) is 11.1 Å². The molecule has 30 heavy (non-hydrogen) atoms. The quantitative estimate of drug-likeness (QED) is 0.171. The van der Waals surface area contributed by atoms with Crippen LogP contribution < -0.4 is 0 Å². The first-order valence-corrected chi connectivity index (χ1v) is 11.8. The molecule has 0 aromatic heterocycles. The predicted octanol–water partition coefficient (Wildman–Crippen LogP) is 7.98. The van der Waals surface area contributed by atoms with Gasteiger partial charge in [-0.1, -0.05) is 113 Å². The summed E-state index contributed by atoms with van der Waals surface area (Å²) in [6.45, 7) is 3.72. The molecule has 2 aromatic rings. The summed E-state index contributed by atoms with van der Waals surface area (Å²) < 4.78 is 0. The Morgan fingerprint density at radius 1 is 0.633 bits per heavy atom. The van der Waals surface area contributed by atoms with Crippen LogP contribution in [0.4, 0.5) is 0 Å². The Kier molecular flexibility index (Phi) is 11.1. The number of rotatable bonds is 15. The van der Waals surface area contributed by atoms with E-state index >= 15 is 0 Å². The minimum Gasteiger partial charge on any atom is -0.300 e. The molecule has 0 aliphatic heterocycles. The molecule has 162 valence electrons. The smallest absolute Gasteiger partial charge is 0.170 e. The van der Waals surface area contributed by atoms with Crippen molar-refractivity contribution in [2.24, 2.45) is 0 Å². The zero-order valence-electron chi connectivity index (χ0n) is 18.9. The van der Waals surface area contributed by atoms with Crippen molar-refractivity contribution in [3.8, 4) is 11.1 Å². The van der Waals surface area contributed by atoms with Crippen molar-refractivity contribution in [2.75, 3.05) is 0 Å². The van der Waals surface area contributed by atoms with Crippen molar-refractivity contribution < 1.29 is 9.59 Å². The lowest BCUT2D eigenvalue weighted by molar-refractivity contribution is -0.116. The molecule has 0 atom stereocenters. The second kappa shape index (κ2) is 13.9. The summed E-state index contributed by atoms with van der Waals surface area (Å²) in [6, 6.07) is 16.3. The molecule has 0 fully saturated rings. The molecule has 0 radical (unpaired) electrons. The van der Waals surface area contributed by atoms with Crippen LogP contribution in [0.1, 0.15) is 100 Å². The molecule has 0 N–H and O–H groups in total. The van der Waals surface area contributed by atoms with Gasteiger partial charge in [0.1, 0.15) is 5.78 Å². The Hall–Kier alpha value is -2.22. The Labute approximate surface area is 183 Å². The number of carbonyl (C=O) groups is 2. The zero-order chi connectivity index (χ0) is 21.6. The average Bonchev–Trinajstić information content (AvgIpc) is 2.75. The Bertz CT molecular complexity index is 756. The summed E-state index contributed by atoms with van der Waals surface area (Å²) >= 11 is 0. The van der Waals surface area contributed by atoms with Gasteiger partial charge in [-0.05, 0) is 36.5 Å². The summed E-state index contributed by atoms with van der Waals surface area (Å²) in [5, 5.41) is 0. The van der Waals surface area contributed by atoms with Gasteiger partial charge in [-0.2, -0.15) is 0 Å². The van der Waals surface area contributed by atoms with Gasteiger partial charge >= 0.3 is 0 Å². The second-order valence-corrected chi connectivity index (χ2v) is 8.51. The second-order valence-electron chi connectivity index (χ2n) is 8.51. The monoisotopic (exact) mass is 406 g/mol. The maximum atomic E-state index is 12.0. The SMILES string of the molecule is CCCCCCCCCCCCc1ccc(-c2ccc(C(=O)CC(C)=O)cc2)cc1. The summed E-state index contributed by atoms with van der Waals surface area (Å²) in [5.74, 6) is -0.206. The van der Waals surface area contributed by atoms with E-state index in [1.807, 2.05) is 24.3 Å². The van der Waals surface area contributed by atoms with Gasteiger partial charge in [0.15, 0.2) is 5.78 Å². The molecular formula is C28H38O2. The maximum absolute atomic E-state index is 12.0. The molecule has 0 aliphatic rings. The lowest BCUT2D eigenvalue weighted by atomic mass is 9.98. The van der Waals surface area contributed by atoms with E-state index in [4.69, 9.17) is 0 Å². The number of hydrogen-bond acceptors (Lipinski definition) is 2. The molecule has 0 amide bonds. The van der Waals surface area contributed by atoms with E-state index < -0.39 is 0 Å². The fourth-order valence-electron chi connectivity index (χ4n) is 3.86. The lowest BCUT2D eigenvalue weighted by Crippen LogP contribution is -2.04. The molecule has 0 saturated carbocycles. The van der Waals surface area contributed by atoms with E-state index in [9.17, 15) is 9.59 Å². The molecule has 0 spiro atoms. The Morgan fingerprint density at radius 2 is 1.10 bits per heavy atom. The molecule has 0 heterocycles. The molecule has 0 aliphatic carbocycles. The van der Waals surface area contributed by atoms with Gasteiger partial charge in [0.25, 0.3) is 0 Å². The molecule has 2 rings (SSSR count). The van der Waals surface area contributed by atoms with Gasteiger partial charge in [0.2, 0.25) is 0 Å². The Morgan fingerprint density at radius 3 is 1.60 bits per heavy atom. The fraction of sp³-hybridized carbons (Fsp3) is 0.500. The normalized spacial score (nSPS) is 10.9. The van der Waals surface area contributed by atoms with Gasteiger partial charge in [-0.15, -0.1) is 0 Å². The third-order valence-corrected chi connectivity index (χ3v) is 5.72. The van der Waals surface area contributed by atoms with Crippen LogP contribution in [0.15, 0.2) is 48.5 Å². The van der Waals surface area contributed by atoms with Crippen LogP contribution in [-0.2, 0) is 11.2 Å². The highest BCUT2D eigenvalue weighted by Crippen LogP contribution is 2.22. The molecule has 0 saturated heterocycles. The summed E-state index contributed by atoms with van der Waals surface area (Å²) in [4.78, 5) is 23.1. The molecule has 2 aromatic carbocycles. The van der Waals surface area contributed by atoms with Crippen LogP contribution >= 0.6 is 0 Å². The highest BCUT2D eigenvalue weighted by molar-refractivity contribution is 6.07. The standard InChI is InChI=1S/C28H38O2/c1-3-4-5-6-7-8-9-10-11-12-13-24-14-16-25(17-15-24)26-18-20-27(21-19-26)28(30)22-23(2)29/h14-21H,3-13,22H2,1-2H3. The number of ketones is 2. The topological polar surface area (TPSA) is 34.1 Å². The number of aryl methyl sites for hydroxylation is 1. The molecule has 0 bridgehead atoms. The van der Waals surface area contributed by atoms with Gasteiger partial charge in [-0.3, -0.25) is 9.59 Å². The van der Waals surface area contributed by atoms with Crippen LogP contribution in [0, 0.1) is 0 Å². The first kappa shape index (κ1) is 24.1. The third-order valence-electron chi connectivity index (χ3n) is 5.72. The largest absolute Gasteiger partial charge is 0.300 e. The van der Waals surface area contributed by atoms with Crippen LogP contribution in [0.5, 0.6) is 0 Å². The van der Waals surface area contributed by atoms with Gasteiger partial charge < -0.3 is 0 Å². The number of Topliss-reactive ketones (excluding diaryl/α,β-unsaturated/α-hetero) is 2. The molecule has 0 unspecified atom stereocenters. The first-order valence-electron chi connectivity index (χ1n) is 11.8. The van der Waals surface area contributed by atoms with Gasteiger partial charge in [0, 0.05) is 5.56 Å². The minimum absolute atomic E-state index is 0.0208. The van der Waals surface area contributed by atoms with E-state index in [-0.39, 0.29) is 18.0 Å². The van der Waals surface area contributed by atoms with Crippen LogP contribution in [-0.4, -0.2) is 11.6 Å². The number of unbranched alkanes of at least 4 members (excludes halogenated alkanes) is 9. The van der Waals surface area contributed by atoms with Crippen molar-refractivity contribution in [3.63, 3.8) is 0 Å². The Balaban J connectivity index is 1.68. The summed E-state index contributed by atoms with van der Waals surface area (Å²) in [6.07, 6.45) is 14.8. The van der Waals surface area contributed by atoms with Gasteiger partial charge in [-0.25, -0.2) is 0 Å². The summed E-state index contributed by atoms with van der Waals surface area (Å²) in [5.41, 5.74) is 4.25. The fourth-order valence-corrected chi connectivity index (χ4v) is 3.86. The highest BCUT2D eigenvalue weighted by atomic mass is 16.1. The number of hydrogen-bond donors (Lipinski definition) is 0. The van der Waals surface area contributed by atoms with Crippen molar-refractivity contribution >= 4 is 11.6 Å². The average molecular weight is 407 g/mol. The summed E-state index contributed by atoms with van der Waals surface area (Å²) in [7, 11) is 0. The molecule has 2 heteroatoms. The van der Waals surface area contributed by atoms with Crippen LogP contribution in [0.3, 0.4) is 0 Å². The van der Waals surface area contributed by atoms with E-state index in [1.165, 1.54) is 76.7 Å². The number of benzene rings is 2. The number of carbonyl (C=O) groups excluding carboxylic acids is 2. The molecular weight excluding hydrogens is 368 g/mol. The van der Waals surface area contributed by atoms with E-state index in [2.05, 4.69) is 31.2 Å². The predicted molar refractivity (Wildman–Crippen MR) is 127 cm³/mol. The molecule has 2 nitrogen and oxygen atoms in total. The van der Waals surface area contributed by atoms with E-state index in [0.717, 1.165) is 17.5 Å².